The van der Waals surface area contributed by atoms with E-state index in [1.165, 1.54) is 0 Å². The van der Waals surface area contributed by atoms with E-state index < -0.39 is 10.0 Å². The van der Waals surface area contributed by atoms with E-state index in [4.69, 9.17) is 5.26 Å². The Bertz CT molecular complexity index is 477. The van der Waals surface area contributed by atoms with Crippen LogP contribution in [0.3, 0.4) is 0 Å². The maximum absolute atomic E-state index is 11.7. The van der Waals surface area contributed by atoms with Gasteiger partial charge in [-0.25, -0.2) is 13.1 Å². The summed E-state index contributed by atoms with van der Waals surface area (Å²) in [4.78, 5) is 0. The average molecular weight is 252 g/mol. The third-order valence-corrected chi connectivity index (χ3v) is 3.78. The molecule has 0 aromatic heterocycles. The van der Waals surface area contributed by atoms with Gasteiger partial charge in [-0.3, -0.25) is 0 Å². The van der Waals surface area contributed by atoms with Crippen molar-refractivity contribution in [3.63, 3.8) is 0 Å². The van der Waals surface area contributed by atoms with Gasteiger partial charge in [-0.2, -0.15) is 5.26 Å². The largest absolute Gasteiger partial charge is 0.212 e. The molecule has 1 unspecified atom stereocenters. The molecular weight excluding hydrogens is 236 g/mol. The molecule has 0 radical (unpaired) electrons. The van der Waals surface area contributed by atoms with Gasteiger partial charge in [-0.05, 0) is 18.9 Å². The molecule has 0 fully saturated rings. The van der Waals surface area contributed by atoms with E-state index >= 15 is 0 Å². The van der Waals surface area contributed by atoms with E-state index in [2.05, 4.69) is 4.72 Å². The van der Waals surface area contributed by atoms with Crippen LogP contribution < -0.4 is 4.72 Å². The zero-order chi connectivity index (χ0) is 12.7. The van der Waals surface area contributed by atoms with E-state index in [0.29, 0.717) is 6.42 Å². The second-order valence-electron chi connectivity index (χ2n) is 3.94. The molecule has 0 saturated carbocycles. The van der Waals surface area contributed by atoms with Crippen molar-refractivity contribution in [1.29, 1.82) is 5.26 Å². The molecule has 0 aliphatic carbocycles. The highest BCUT2D eigenvalue weighted by Crippen LogP contribution is 2.02. The zero-order valence-corrected chi connectivity index (χ0v) is 10.6. The predicted octanol–water partition coefficient (Wildman–Crippen LogP) is 1.45. The van der Waals surface area contributed by atoms with Crippen LogP contribution >= 0.6 is 0 Å². The van der Waals surface area contributed by atoms with Crippen LogP contribution in [0.2, 0.25) is 0 Å². The first-order chi connectivity index (χ1) is 8.03. The smallest absolute Gasteiger partial charge is 0.212 e. The molecule has 92 valence electrons. The van der Waals surface area contributed by atoms with Gasteiger partial charge in [0.2, 0.25) is 10.0 Å². The fourth-order valence-electron chi connectivity index (χ4n) is 1.44. The lowest BCUT2D eigenvalue weighted by Crippen LogP contribution is -2.34. The molecule has 0 heterocycles. The van der Waals surface area contributed by atoms with Crippen molar-refractivity contribution >= 4 is 10.0 Å². The van der Waals surface area contributed by atoms with Gasteiger partial charge in [0, 0.05) is 6.04 Å². The van der Waals surface area contributed by atoms with Gasteiger partial charge in [0.05, 0.1) is 18.2 Å². The quantitative estimate of drug-likeness (QED) is 0.833. The van der Waals surface area contributed by atoms with E-state index in [0.717, 1.165) is 5.56 Å². The molecule has 1 atom stereocenters. The number of aryl methyl sites for hydroxylation is 1. The van der Waals surface area contributed by atoms with Gasteiger partial charge in [0.25, 0.3) is 0 Å². The molecule has 17 heavy (non-hydrogen) atoms. The van der Waals surface area contributed by atoms with Crippen molar-refractivity contribution in [2.75, 3.05) is 5.75 Å². The molecule has 1 N–H and O–H groups in total. The minimum Gasteiger partial charge on any atom is -0.212 e. The lowest BCUT2D eigenvalue weighted by molar-refractivity contribution is 0.562. The van der Waals surface area contributed by atoms with Gasteiger partial charge in [-0.15, -0.1) is 0 Å². The molecule has 0 amide bonds. The second-order valence-corrected chi connectivity index (χ2v) is 5.81. The van der Waals surface area contributed by atoms with E-state index in [9.17, 15) is 8.42 Å². The summed E-state index contributed by atoms with van der Waals surface area (Å²) in [7, 11) is -3.30. The summed E-state index contributed by atoms with van der Waals surface area (Å²) in [6.07, 6.45) is 0.667. The number of nitriles is 1. The topological polar surface area (TPSA) is 70.0 Å². The van der Waals surface area contributed by atoms with Crippen molar-refractivity contribution in [1.82, 2.24) is 4.72 Å². The van der Waals surface area contributed by atoms with Crippen LogP contribution in [0.4, 0.5) is 0 Å². The van der Waals surface area contributed by atoms with Crippen molar-refractivity contribution in [2.24, 2.45) is 0 Å². The van der Waals surface area contributed by atoms with E-state index in [1.54, 1.807) is 6.92 Å². The van der Waals surface area contributed by atoms with Crippen LogP contribution in [-0.4, -0.2) is 20.2 Å². The summed E-state index contributed by atoms with van der Waals surface area (Å²) in [5.74, 6) is 0.0484. The molecule has 0 bridgehead atoms. The number of hydrogen-bond donors (Lipinski definition) is 1. The Balaban J connectivity index is 2.48. The van der Waals surface area contributed by atoms with Gasteiger partial charge in [-0.1, -0.05) is 30.3 Å². The van der Waals surface area contributed by atoms with Gasteiger partial charge in [0.1, 0.15) is 0 Å². The second kappa shape index (κ2) is 6.38. The highest BCUT2D eigenvalue weighted by atomic mass is 32.2. The van der Waals surface area contributed by atoms with Crippen molar-refractivity contribution in [3.05, 3.63) is 35.9 Å². The summed E-state index contributed by atoms with van der Waals surface area (Å²) in [5.41, 5.74) is 0.991. The normalized spacial score (nSPS) is 12.9. The van der Waals surface area contributed by atoms with Gasteiger partial charge in [0.15, 0.2) is 0 Å². The minimum absolute atomic E-state index is 0.0484. The number of nitrogens with zero attached hydrogens (tertiary/aromatic N) is 1. The van der Waals surface area contributed by atoms with Crippen molar-refractivity contribution < 1.29 is 8.42 Å². The van der Waals surface area contributed by atoms with Gasteiger partial charge >= 0.3 is 0 Å². The Hall–Kier alpha value is -1.38. The molecule has 0 saturated heterocycles. The fraction of sp³-hybridized carbons (Fsp3) is 0.417. The van der Waals surface area contributed by atoms with Crippen LogP contribution in [0.1, 0.15) is 18.9 Å². The number of hydrogen-bond acceptors (Lipinski definition) is 3. The predicted molar refractivity (Wildman–Crippen MR) is 66.8 cm³/mol. The van der Waals surface area contributed by atoms with Crippen LogP contribution in [0, 0.1) is 11.3 Å². The Kier molecular flexibility index (Phi) is 5.13. The Morgan fingerprint density at radius 1 is 1.35 bits per heavy atom. The molecule has 0 aliphatic heterocycles. The first-order valence-electron chi connectivity index (χ1n) is 5.44. The van der Waals surface area contributed by atoms with E-state index in [-0.39, 0.29) is 18.2 Å². The van der Waals surface area contributed by atoms with Crippen LogP contribution in [0.5, 0.6) is 0 Å². The Labute approximate surface area is 102 Å². The first-order valence-corrected chi connectivity index (χ1v) is 7.09. The number of rotatable bonds is 6. The van der Waals surface area contributed by atoms with Crippen LogP contribution in [0.25, 0.3) is 0 Å². The lowest BCUT2D eigenvalue weighted by atomic mass is 10.2. The Morgan fingerprint density at radius 2 is 2.00 bits per heavy atom. The van der Waals surface area contributed by atoms with E-state index in [1.807, 2.05) is 36.4 Å². The summed E-state index contributed by atoms with van der Waals surface area (Å²) in [6, 6.07) is 11.1. The highest BCUT2D eigenvalue weighted by molar-refractivity contribution is 7.89. The molecule has 5 heteroatoms. The maximum Gasteiger partial charge on any atom is 0.212 e. The molecule has 1 aromatic rings. The lowest BCUT2D eigenvalue weighted by Gasteiger charge is -2.10. The average Bonchev–Trinajstić information content (AvgIpc) is 2.27. The van der Waals surface area contributed by atoms with Crippen LogP contribution in [0.15, 0.2) is 30.3 Å². The maximum atomic E-state index is 11.7. The molecule has 1 aromatic carbocycles. The third-order valence-electron chi connectivity index (χ3n) is 2.28. The molecule has 1 rings (SSSR count). The van der Waals surface area contributed by atoms with Gasteiger partial charge < -0.3 is 0 Å². The summed E-state index contributed by atoms with van der Waals surface area (Å²) in [6.45, 7) is 1.68. The Morgan fingerprint density at radius 3 is 2.59 bits per heavy atom. The summed E-state index contributed by atoms with van der Waals surface area (Å²) in [5, 5.41) is 8.46. The zero-order valence-electron chi connectivity index (χ0n) is 9.76. The minimum atomic E-state index is -3.30. The monoisotopic (exact) mass is 252 g/mol. The van der Waals surface area contributed by atoms with Crippen molar-refractivity contribution in [2.45, 2.75) is 25.8 Å². The molecule has 0 spiro atoms. The fourth-order valence-corrected chi connectivity index (χ4v) is 2.76. The molecule has 0 aliphatic rings. The van der Waals surface area contributed by atoms with Crippen LogP contribution in [-0.2, 0) is 16.4 Å². The molecule has 4 nitrogen and oxygen atoms in total. The molecular formula is C12H16N2O2S. The number of nitrogens with one attached hydrogen (secondary N) is 1. The number of sulfonamides is 1. The SMILES string of the molecule is CC(CC#N)NS(=O)(=O)CCc1ccccc1. The number of benzene rings is 1. The van der Waals surface area contributed by atoms with Crippen molar-refractivity contribution in [3.8, 4) is 6.07 Å². The summed E-state index contributed by atoms with van der Waals surface area (Å²) < 4.78 is 25.8. The standard InChI is InChI=1S/C12H16N2O2S/c1-11(7-9-13)14-17(15,16)10-8-12-5-3-2-4-6-12/h2-6,11,14H,7-8,10H2,1H3. The highest BCUT2D eigenvalue weighted by Gasteiger charge is 2.13. The summed E-state index contributed by atoms with van der Waals surface area (Å²) >= 11 is 0. The third kappa shape index (κ3) is 5.48. The first kappa shape index (κ1) is 13.7.